The van der Waals surface area contributed by atoms with E-state index < -0.39 is 18.2 Å². The summed E-state index contributed by atoms with van der Waals surface area (Å²) in [5.74, 6) is -1.24. The molecule has 2 aromatic rings. The van der Waals surface area contributed by atoms with Crippen molar-refractivity contribution in [2.45, 2.75) is 57.7 Å². The Morgan fingerprint density at radius 2 is 2.00 bits per heavy atom. The van der Waals surface area contributed by atoms with Crippen LogP contribution in [-0.2, 0) is 9.47 Å². The van der Waals surface area contributed by atoms with Crippen molar-refractivity contribution in [1.82, 2.24) is 19.5 Å². The molecule has 0 aromatic carbocycles. The van der Waals surface area contributed by atoms with E-state index in [1.54, 1.807) is 16.3 Å². The molecule has 1 saturated heterocycles. The first-order chi connectivity index (χ1) is 14.8. The monoisotopic (exact) mass is 440 g/mol. The number of carbonyl (C=O) groups excluding carboxylic acids is 1. The van der Waals surface area contributed by atoms with Crippen molar-refractivity contribution in [3.05, 3.63) is 29.2 Å². The average Bonchev–Trinajstić information content (AvgIpc) is 3.17. The second-order valence-corrected chi connectivity index (χ2v) is 8.26. The lowest BCUT2D eigenvalue weighted by molar-refractivity contribution is -0.182. The van der Waals surface area contributed by atoms with Crippen LogP contribution in [-0.4, -0.2) is 58.1 Å². The largest absolute Gasteiger partial charge is 0.450 e. The minimum absolute atomic E-state index is 0.0169. The van der Waals surface area contributed by atoms with Crippen LogP contribution in [0.2, 0.25) is 0 Å². The van der Waals surface area contributed by atoms with Gasteiger partial charge in [-0.2, -0.15) is 18.3 Å². The van der Waals surface area contributed by atoms with Gasteiger partial charge in [0, 0.05) is 24.2 Å². The number of rotatable bonds is 3. The first kappa shape index (κ1) is 21.9. The van der Waals surface area contributed by atoms with Crippen LogP contribution in [0.1, 0.15) is 61.7 Å². The van der Waals surface area contributed by atoms with Crippen LogP contribution in [0.15, 0.2) is 12.1 Å². The molecule has 0 unspecified atom stereocenters. The summed E-state index contributed by atoms with van der Waals surface area (Å²) in [4.78, 5) is 18.3. The molecule has 1 aliphatic carbocycles. The van der Waals surface area contributed by atoms with E-state index in [2.05, 4.69) is 4.98 Å². The van der Waals surface area contributed by atoms with E-state index in [1.165, 1.54) is 0 Å². The number of hydrogen-bond acceptors (Lipinski definition) is 5. The maximum absolute atomic E-state index is 13.0. The third-order valence-corrected chi connectivity index (χ3v) is 6.13. The summed E-state index contributed by atoms with van der Waals surface area (Å²) >= 11 is 0. The Labute approximate surface area is 178 Å². The fourth-order valence-electron chi connectivity index (χ4n) is 4.50. The molecule has 2 aliphatic rings. The van der Waals surface area contributed by atoms with E-state index in [4.69, 9.17) is 14.6 Å². The van der Waals surface area contributed by atoms with Crippen molar-refractivity contribution < 1.29 is 27.4 Å². The number of aryl methyl sites for hydroxylation is 1. The summed E-state index contributed by atoms with van der Waals surface area (Å²) in [6.45, 7) is 5.11. The highest BCUT2D eigenvalue weighted by molar-refractivity contribution is 5.67. The summed E-state index contributed by atoms with van der Waals surface area (Å²) < 4.78 is 51.7. The minimum Gasteiger partial charge on any atom is -0.450 e. The number of halogens is 3. The fourth-order valence-corrected chi connectivity index (χ4v) is 4.50. The zero-order valence-electron chi connectivity index (χ0n) is 17.7. The molecule has 0 bridgehead atoms. The lowest BCUT2D eigenvalue weighted by atomic mass is 9.80. The Morgan fingerprint density at radius 3 is 2.68 bits per heavy atom. The molecule has 1 aliphatic heterocycles. The number of amides is 1. The highest BCUT2D eigenvalue weighted by Gasteiger charge is 2.42. The van der Waals surface area contributed by atoms with Crippen LogP contribution in [0.4, 0.5) is 18.0 Å². The van der Waals surface area contributed by atoms with Gasteiger partial charge in [-0.05, 0) is 45.6 Å². The maximum atomic E-state index is 13.0. The molecule has 2 fully saturated rings. The summed E-state index contributed by atoms with van der Waals surface area (Å²) in [6, 6.07) is 3.74. The van der Waals surface area contributed by atoms with Gasteiger partial charge in [0.1, 0.15) is 6.10 Å². The van der Waals surface area contributed by atoms with Crippen molar-refractivity contribution in [2.75, 3.05) is 26.3 Å². The molecule has 1 saturated carbocycles. The van der Waals surface area contributed by atoms with Gasteiger partial charge in [-0.3, -0.25) is 0 Å². The van der Waals surface area contributed by atoms with Gasteiger partial charge in [0.2, 0.25) is 0 Å². The quantitative estimate of drug-likeness (QED) is 0.708. The fraction of sp³-hybridized carbons (Fsp3) is 0.667. The van der Waals surface area contributed by atoms with Gasteiger partial charge < -0.3 is 14.4 Å². The van der Waals surface area contributed by atoms with Gasteiger partial charge in [0.05, 0.1) is 37.1 Å². The van der Waals surface area contributed by atoms with Crippen molar-refractivity contribution in [2.24, 2.45) is 5.92 Å². The number of ether oxygens (including phenoxy) is 2. The Bertz CT molecular complexity index is 938. The second-order valence-electron chi connectivity index (χ2n) is 8.26. The molecular weight excluding hydrogens is 413 g/mol. The summed E-state index contributed by atoms with van der Waals surface area (Å²) in [6.07, 6.45) is -3.73. The molecule has 31 heavy (non-hydrogen) atoms. The Morgan fingerprint density at radius 1 is 1.26 bits per heavy atom. The molecule has 1 amide bonds. The van der Waals surface area contributed by atoms with E-state index in [-0.39, 0.29) is 24.9 Å². The Kier molecular flexibility index (Phi) is 6.09. The van der Waals surface area contributed by atoms with E-state index >= 15 is 0 Å². The SMILES string of the molecule is CCOC(=O)N1CCO[C@H](c2cc(C)nc3cc([C@H]4CC[C@H](C(F)(F)F)CC4)nn23)C1. The zero-order valence-corrected chi connectivity index (χ0v) is 17.7. The van der Waals surface area contributed by atoms with E-state index in [0.717, 1.165) is 17.1 Å². The van der Waals surface area contributed by atoms with Crippen LogP contribution in [0.3, 0.4) is 0 Å². The zero-order chi connectivity index (χ0) is 22.2. The Hall–Kier alpha value is -2.36. The highest BCUT2D eigenvalue weighted by atomic mass is 19.4. The summed E-state index contributed by atoms with van der Waals surface area (Å²) in [5, 5.41) is 4.70. The topological polar surface area (TPSA) is 69.0 Å². The third-order valence-electron chi connectivity index (χ3n) is 6.13. The standard InChI is InChI=1S/C21H27F3N4O3/c1-3-30-20(29)27-8-9-31-18(12-27)17-10-13(2)25-19-11-16(26-28(17)19)14-4-6-15(7-5-14)21(22,23)24/h10-11,14-15,18H,3-9,12H2,1-2H3/t14-,15-,18-/m0/s1. The normalized spacial score (nSPS) is 25.1. The van der Waals surface area contributed by atoms with Crippen molar-refractivity contribution in [3.8, 4) is 0 Å². The van der Waals surface area contributed by atoms with E-state index in [9.17, 15) is 18.0 Å². The number of carbonyl (C=O) groups is 1. The molecule has 10 heteroatoms. The predicted molar refractivity (Wildman–Crippen MR) is 106 cm³/mol. The molecule has 3 heterocycles. The lowest BCUT2D eigenvalue weighted by Gasteiger charge is -2.32. The number of hydrogen-bond donors (Lipinski definition) is 0. The molecular formula is C21H27F3N4O3. The number of aromatic nitrogens is 3. The Balaban J connectivity index is 1.57. The van der Waals surface area contributed by atoms with Crippen LogP contribution in [0, 0.1) is 12.8 Å². The van der Waals surface area contributed by atoms with Gasteiger partial charge in [0.15, 0.2) is 5.65 Å². The van der Waals surface area contributed by atoms with Crippen molar-refractivity contribution in [3.63, 3.8) is 0 Å². The molecule has 170 valence electrons. The third kappa shape index (κ3) is 4.63. The van der Waals surface area contributed by atoms with Crippen molar-refractivity contribution in [1.29, 1.82) is 0 Å². The molecule has 2 aromatic heterocycles. The van der Waals surface area contributed by atoms with E-state index in [1.807, 2.05) is 19.1 Å². The molecule has 7 nitrogen and oxygen atoms in total. The molecule has 1 atom stereocenters. The molecule has 0 N–H and O–H groups in total. The molecule has 0 spiro atoms. The second kappa shape index (κ2) is 8.64. The average molecular weight is 440 g/mol. The number of nitrogens with zero attached hydrogens (tertiary/aromatic N) is 4. The van der Waals surface area contributed by atoms with Gasteiger partial charge in [-0.25, -0.2) is 14.3 Å². The maximum Gasteiger partial charge on any atom is 0.409 e. The van der Waals surface area contributed by atoms with Gasteiger partial charge in [-0.1, -0.05) is 0 Å². The number of alkyl halides is 3. The number of morpholine rings is 1. The predicted octanol–water partition coefficient (Wildman–Crippen LogP) is 4.40. The number of fused-ring (bicyclic) bond motifs is 1. The summed E-state index contributed by atoms with van der Waals surface area (Å²) in [7, 11) is 0. The minimum atomic E-state index is -4.13. The van der Waals surface area contributed by atoms with Gasteiger partial charge in [-0.15, -0.1) is 0 Å². The van der Waals surface area contributed by atoms with Crippen LogP contribution >= 0.6 is 0 Å². The molecule has 0 radical (unpaired) electrons. The van der Waals surface area contributed by atoms with Crippen LogP contribution < -0.4 is 0 Å². The highest BCUT2D eigenvalue weighted by Crippen LogP contribution is 2.42. The smallest absolute Gasteiger partial charge is 0.409 e. The van der Waals surface area contributed by atoms with Crippen LogP contribution in [0.5, 0.6) is 0 Å². The summed E-state index contributed by atoms with van der Waals surface area (Å²) in [5.41, 5.74) is 2.95. The van der Waals surface area contributed by atoms with Crippen LogP contribution in [0.25, 0.3) is 5.65 Å². The van der Waals surface area contributed by atoms with Gasteiger partial charge in [0.25, 0.3) is 0 Å². The van der Waals surface area contributed by atoms with Crippen molar-refractivity contribution >= 4 is 11.7 Å². The lowest BCUT2D eigenvalue weighted by Crippen LogP contribution is -2.43. The van der Waals surface area contributed by atoms with Gasteiger partial charge >= 0.3 is 12.3 Å². The van der Waals surface area contributed by atoms with E-state index in [0.29, 0.717) is 44.8 Å². The first-order valence-corrected chi connectivity index (χ1v) is 10.7. The molecule has 4 rings (SSSR count). The first-order valence-electron chi connectivity index (χ1n) is 10.7.